The summed E-state index contributed by atoms with van der Waals surface area (Å²) in [4.78, 5) is 30.6. The first-order valence-electron chi connectivity index (χ1n) is 15.8. The average Bonchev–Trinajstić information content (AvgIpc) is 3.53. The van der Waals surface area contributed by atoms with Gasteiger partial charge in [-0.25, -0.2) is 9.97 Å². The van der Waals surface area contributed by atoms with Crippen molar-refractivity contribution in [1.82, 2.24) is 24.4 Å². The Morgan fingerprint density at radius 2 is 1.78 bits per heavy atom. The molecule has 0 spiro atoms. The van der Waals surface area contributed by atoms with Crippen LogP contribution in [-0.4, -0.2) is 63.9 Å². The highest BCUT2D eigenvalue weighted by Crippen LogP contribution is 2.32. The van der Waals surface area contributed by atoms with Gasteiger partial charge >= 0.3 is 0 Å². The summed E-state index contributed by atoms with van der Waals surface area (Å²) in [6.07, 6.45) is 7.14. The van der Waals surface area contributed by atoms with Gasteiger partial charge in [-0.2, -0.15) is 4.98 Å². The quantitative estimate of drug-likeness (QED) is 0.202. The second-order valence-corrected chi connectivity index (χ2v) is 12.6. The molecule has 2 aliphatic heterocycles. The zero-order valence-corrected chi connectivity index (χ0v) is 26.8. The number of aromatic nitrogens is 4. The van der Waals surface area contributed by atoms with Gasteiger partial charge in [-0.1, -0.05) is 23.7 Å². The van der Waals surface area contributed by atoms with Crippen LogP contribution in [0.25, 0.3) is 22.2 Å². The maximum Gasteiger partial charge on any atom is 0.260 e. The van der Waals surface area contributed by atoms with Crippen LogP contribution in [0.5, 0.6) is 5.75 Å². The number of aryl methyl sites for hydroxylation is 1. The van der Waals surface area contributed by atoms with Crippen molar-refractivity contribution < 1.29 is 13.9 Å². The van der Waals surface area contributed by atoms with Crippen LogP contribution in [0.3, 0.4) is 0 Å². The normalized spacial score (nSPS) is 16.6. The summed E-state index contributed by atoms with van der Waals surface area (Å²) in [7, 11) is 2.14. The SMILES string of the molecule is Cc1ccc(-c2cc3cnc(Nc4ccc(OC5CCN(C)CC5)cc4)nc3n(Cc3ncoc3C3CCOCC3)c2=O)c(Cl)c1. The lowest BCUT2D eigenvalue weighted by Gasteiger charge is -2.29. The molecule has 0 bridgehead atoms. The molecule has 3 aromatic heterocycles. The third-order valence-corrected chi connectivity index (χ3v) is 9.21. The lowest BCUT2D eigenvalue weighted by molar-refractivity contribution is 0.0804. The minimum absolute atomic E-state index is 0.182. The van der Waals surface area contributed by atoms with Crippen molar-refractivity contribution in [2.45, 2.75) is 51.2 Å². The van der Waals surface area contributed by atoms with Crippen LogP contribution in [-0.2, 0) is 11.3 Å². The number of oxazole rings is 1. The first-order chi connectivity index (χ1) is 22.4. The number of anilines is 2. The van der Waals surface area contributed by atoms with Crippen LogP contribution in [0, 0.1) is 6.92 Å². The van der Waals surface area contributed by atoms with E-state index in [-0.39, 0.29) is 24.1 Å². The second-order valence-electron chi connectivity index (χ2n) is 12.2. The van der Waals surface area contributed by atoms with E-state index in [1.165, 1.54) is 6.39 Å². The molecule has 5 heterocycles. The summed E-state index contributed by atoms with van der Waals surface area (Å²) in [6.45, 7) is 5.58. The number of fused-ring (bicyclic) bond motifs is 1. The number of nitrogens with one attached hydrogen (secondary N) is 1. The number of piperidine rings is 1. The van der Waals surface area contributed by atoms with E-state index in [1.807, 2.05) is 55.5 Å². The molecule has 238 valence electrons. The molecule has 7 rings (SSSR count). The van der Waals surface area contributed by atoms with Gasteiger partial charge in [-0.05, 0) is 81.6 Å². The van der Waals surface area contributed by atoms with E-state index in [0.717, 1.165) is 61.5 Å². The van der Waals surface area contributed by atoms with Gasteiger partial charge in [0, 0.05) is 65.6 Å². The van der Waals surface area contributed by atoms with Crippen molar-refractivity contribution in [1.29, 1.82) is 0 Å². The summed E-state index contributed by atoms with van der Waals surface area (Å²) in [5.74, 6) is 2.18. The summed E-state index contributed by atoms with van der Waals surface area (Å²) < 4.78 is 19.3. The minimum Gasteiger partial charge on any atom is -0.490 e. The third-order valence-electron chi connectivity index (χ3n) is 8.89. The van der Waals surface area contributed by atoms with Crippen LogP contribution in [0.1, 0.15) is 48.6 Å². The highest BCUT2D eigenvalue weighted by molar-refractivity contribution is 6.33. The Morgan fingerprint density at radius 1 is 1.00 bits per heavy atom. The summed E-state index contributed by atoms with van der Waals surface area (Å²) in [5, 5.41) is 4.51. The molecule has 11 heteroatoms. The smallest absolute Gasteiger partial charge is 0.260 e. The van der Waals surface area contributed by atoms with Gasteiger partial charge in [0.1, 0.15) is 29.0 Å². The van der Waals surface area contributed by atoms with E-state index in [1.54, 1.807) is 10.8 Å². The van der Waals surface area contributed by atoms with Crippen molar-refractivity contribution >= 4 is 34.3 Å². The number of pyridine rings is 1. The van der Waals surface area contributed by atoms with Crippen molar-refractivity contribution in [3.63, 3.8) is 0 Å². The van der Waals surface area contributed by atoms with E-state index in [0.29, 0.717) is 52.0 Å². The number of likely N-dealkylation sites (tertiary alicyclic amines) is 1. The monoisotopic (exact) mass is 640 g/mol. The molecule has 0 radical (unpaired) electrons. The Bertz CT molecular complexity index is 1890. The summed E-state index contributed by atoms with van der Waals surface area (Å²) >= 11 is 6.66. The van der Waals surface area contributed by atoms with Crippen LogP contribution in [0.15, 0.2) is 70.3 Å². The predicted octanol–water partition coefficient (Wildman–Crippen LogP) is 6.57. The highest BCUT2D eigenvalue weighted by Gasteiger charge is 2.25. The molecule has 2 aromatic carbocycles. The molecule has 5 aromatic rings. The van der Waals surface area contributed by atoms with Crippen LogP contribution in [0.2, 0.25) is 5.02 Å². The molecular formula is C35H37ClN6O4. The fraction of sp³-hybridized carbons (Fsp3) is 0.371. The Labute approximate surface area is 272 Å². The first kappa shape index (κ1) is 30.4. The number of rotatable bonds is 8. The van der Waals surface area contributed by atoms with Crippen molar-refractivity contribution in [3.8, 4) is 16.9 Å². The lowest BCUT2D eigenvalue weighted by atomic mass is 9.96. The molecule has 2 fully saturated rings. The maximum atomic E-state index is 14.3. The van der Waals surface area contributed by atoms with E-state index in [4.69, 9.17) is 30.5 Å². The molecule has 1 N–H and O–H groups in total. The molecular weight excluding hydrogens is 604 g/mol. The Kier molecular flexibility index (Phi) is 8.75. The first-order valence-corrected chi connectivity index (χ1v) is 16.2. The van der Waals surface area contributed by atoms with Gasteiger partial charge in [0.25, 0.3) is 5.56 Å². The Hall–Kier alpha value is -4.25. The summed E-state index contributed by atoms with van der Waals surface area (Å²) in [5.41, 5.74) is 3.91. The Morgan fingerprint density at radius 3 is 2.54 bits per heavy atom. The van der Waals surface area contributed by atoms with Crippen molar-refractivity contribution in [2.24, 2.45) is 0 Å². The van der Waals surface area contributed by atoms with Crippen LogP contribution >= 0.6 is 11.6 Å². The van der Waals surface area contributed by atoms with Crippen molar-refractivity contribution in [3.05, 3.63) is 93.5 Å². The molecule has 0 amide bonds. The van der Waals surface area contributed by atoms with Gasteiger partial charge < -0.3 is 24.1 Å². The molecule has 0 aliphatic carbocycles. The lowest BCUT2D eigenvalue weighted by Crippen LogP contribution is -2.35. The number of halogens is 1. The zero-order valence-electron chi connectivity index (χ0n) is 26.0. The van der Waals surface area contributed by atoms with Gasteiger partial charge in [-0.3, -0.25) is 9.36 Å². The summed E-state index contributed by atoms with van der Waals surface area (Å²) in [6, 6.07) is 15.3. The highest BCUT2D eigenvalue weighted by atomic mass is 35.5. The molecule has 0 atom stereocenters. The van der Waals surface area contributed by atoms with Gasteiger partial charge in [-0.15, -0.1) is 0 Å². The molecule has 0 unspecified atom stereocenters. The zero-order chi connectivity index (χ0) is 31.6. The molecule has 0 saturated carbocycles. The topological polar surface area (TPSA) is 108 Å². The van der Waals surface area contributed by atoms with Gasteiger partial charge in [0.15, 0.2) is 6.39 Å². The number of hydrogen-bond acceptors (Lipinski definition) is 9. The largest absolute Gasteiger partial charge is 0.490 e. The number of hydrogen-bond donors (Lipinski definition) is 1. The van der Waals surface area contributed by atoms with E-state index in [2.05, 4.69) is 27.2 Å². The second kappa shape index (κ2) is 13.2. The van der Waals surface area contributed by atoms with Crippen molar-refractivity contribution in [2.75, 3.05) is 38.7 Å². The third kappa shape index (κ3) is 6.51. The molecule has 2 aliphatic rings. The van der Waals surface area contributed by atoms with Gasteiger partial charge in [0.2, 0.25) is 5.95 Å². The maximum absolute atomic E-state index is 14.3. The average molecular weight is 641 g/mol. The standard InChI is InChI=1S/C35H37ClN6O4/c1-22-3-8-28(30(36)17-22)29-18-24-19-37-35(39-25-4-6-26(7-5-25)46-27-9-13-41(2)14-10-27)40-33(24)42(34(29)43)20-31-32(45-21-38-31)23-11-15-44-16-12-23/h3-8,17-19,21,23,27H,9-16,20H2,1-2H3,(H,37,39,40). The number of benzene rings is 2. The number of ether oxygens (including phenoxy) is 2. The van der Waals surface area contributed by atoms with E-state index < -0.39 is 0 Å². The van der Waals surface area contributed by atoms with Gasteiger partial charge in [0.05, 0.1) is 6.54 Å². The molecule has 2 saturated heterocycles. The molecule has 10 nitrogen and oxygen atoms in total. The van der Waals surface area contributed by atoms with Crippen LogP contribution in [0.4, 0.5) is 11.6 Å². The fourth-order valence-corrected chi connectivity index (χ4v) is 6.61. The minimum atomic E-state index is -0.223. The predicted molar refractivity (Wildman–Crippen MR) is 178 cm³/mol. The Balaban J connectivity index is 1.22. The number of nitrogens with zero attached hydrogens (tertiary/aromatic N) is 5. The van der Waals surface area contributed by atoms with E-state index in [9.17, 15) is 4.79 Å². The molecule has 46 heavy (non-hydrogen) atoms. The van der Waals surface area contributed by atoms with E-state index >= 15 is 0 Å². The fourth-order valence-electron chi connectivity index (χ4n) is 6.28. The van der Waals surface area contributed by atoms with Crippen LogP contribution < -0.4 is 15.6 Å².